The predicted octanol–water partition coefficient (Wildman–Crippen LogP) is 4.03. The van der Waals surface area contributed by atoms with Crippen LogP contribution in [0.25, 0.3) is 10.2 Å². The summed E-state index contributed by atoms with van der Waals surface area (Å²) < 4.78 is 0.940. The molecule has 0 aliphatic rings. The minimum atomic E-state index is -0.138. The van der Waals surface area contributed by atoms with Crippen molar-refractivity contribution in [3.05, 3.63) is 58.6 Å². The number of fused-ring (bicyclic) bond motifs is 1. The lowest BCUT2D eigenvalue weighted by Gasteiger charge is -2.22. The third kappa shape index (κ3) is 4.02. The molecule has 0 bridgehead atoms. The van der Waals surface area contributed by atoms with Crippen molar-refractivity contribution in [2.24, 2.45) is 0 Å². The van der Waals surface area contributed by atoms with Gasteiger partial charge in [-0.25, -0.2) is 4.98 Å². The van der Waals surface area contributed by atoms with Gasteiger partial charge in [0.05, 0.1) is 21.8 Å². The van der Waals surface area contributed by atoms with E-state index < -0.39 is 0 Å². The van der Waals surface area contributed by atoms with Crippen molar-refractivity contribution < 1.29 is 4.79 Å². The number of anilines is 1. The molecule has 7 heteroatoms. The summed E-state index contributed by atoms with van der Waals surface area (Å²) in [6, 6.07) is 14.2. The summed E-state index contributed by atoms with van der Waals surface area (Å²) >= 11 is 7.50. The zero-order valence-corrected chi connectivity index (χ0v) is 16.0. The molecule has 26 heavy (non-hydrogen) atoms. The van der Waals surface area contributed by atoms with Crippen LogP contribution in [0.15, 0.2) is 42.5 Å². The lowest BCUT2D eigenvalue weighted by atomic mass is 10.1. The highest BCUT2D eigenvalue weighted by Crippen LogP contribution is 2.31. The number of carbonyl (C=O) groups is 1. The lowest BCUT2D eigenvalue weighted by Crippen LogP contribution is -2.36. The van der Waals surface area contributed by atoms with E-state index in [0.29, 0.717) is 34.4 Å². The van der Waals surface area contributed by atoms with Gasteiger partial charge in [-0.1, -0.05) is 22.9 Å². The molecule has 0 spiro atoms. The number of carbonyl (C=O) groups excluding carboxylic acids is 1. The van der Waals surface area contributed by atoms with E-state index in [9.17, 15) is 4.79 Å². The first-order valence-electron chi connectivity index (χ1n) is 8.01. The highest BCUT2D eigenvalue weighted by Gasteiger charge is 2.21. The molecule has 1 heterocycles. The third-order valence-electron chi connectivity index (χ3n) is 3.85. The average Bonchev–Trinajstić information content (AvgIpc) is 3.04. The molecular formula is C19H17ClN4OS. The summed E-state index contributed by atoms with van der Waals surface area (Å²) in [4.78, 5) is 21.4. The van der Waals surface area contributed by atoms with E-state index in [1.807, 2.05) is 31.1 Å². The van der Waals surface area contributed by atoms with Crippen LogP contribution in [0, 0.1) is 11.3 Å². The Morgan fingerprint density at radius 2 is 1.92 bits per heavy atom. The standard InChI is InChI=1S/C19H17ClN4OS/c1-23(2)9-10-24(18(25)14-5-3-13(12-21)4-6-14)19-22-16-8-7-15(20)11-17(16)26-19/h3-8,11H,9-10H2,1-2H3. The van der Waals surface area contributed by atoms with Crippen LogP contribution in [0.1, 0.15) is 15.9 Å². The number of halogens is 1. The van der Waals surface area contributed by atoms with Gasteiger partial charge in [-0.05, 0) is 56.6 Å². The smallest absolute Gasteiger partial charge is 0.260 e. The second-order valence-electron chi connectivity index (χ2n) is 6.06. The van der Waals surface area contributed by atoms with Gasteiger partial charge in [-0.3, -0.25) is 9.69 Å². The Morgan fingerprint density at radius 1 is 1.19 bits per heavy atom. The second kappa shape index (κ2) is 7.83. The van der Waals surface area contributed by atoms with Gasteiger partial charge in [-0.15, -0.1) is 0 Å². The Balaban J connectivity index is 1.97. The SMILES string of the molecule is CN(C)CCN(C(=O)c1ccc(C#N)cc1)c1nc2ccc(Cl)cc2s1. The summed E-state index contributed by atoms with van der Waals surface area (Å²) in [5, 5.41) is 10.2. The molecule has 0 saturated heterocycles. The Labute approximate surface area is 161 Å². The Kier molecular flexibility index (Phi) is 5.52. The van der Waals surface area contributed by atoms with Crippen molar-refractivity contribution in [2.45, 2.75) is 0 Å². The Hall–Kier alpha value is -2.46. The topological polar surface area (TPSA) is 60.2 Å². The molecule has 0 unspecified atom stereocenters. The molecule has 2 aromatic carbocycles. The Bertz CT molecular complexity index is 975. The summed E-state index contributed by atoms with van der Waals surface area (Å²) in [5.41, 5.74) is 1.87. The van der Waals surface area contributed by atoms with Gasteiger partial charge >= 0.3 is 0 Å². The van der Waals surface area contributed by atoms with Crippen molar-refractivity contribution in [1.29, 1.82) is 5.26 Å². The van der Waals surface area contributed by atoms with E-state index in [0.717, 1.165) is 10.2 Å². The van der Waals surface area contributed by atoms with Crippen LogP contribution in [0.5, 0.6) is 0 Å². The monoisotopic (exact) mass is 384 g/mol. The molecular weight excluding hydrogens is 368 g/mol. The number of amides is 1. The summed E-state index contributed by atoms with van der Waals surface area (Å²) in [7, 11) is 3.92. The molecule has 1 aromatic heterocycles. The fourth-order valence-electron chi connectivity index (χ4n) is 2.43. The number of benzene rings is 2. The van der Waals surface area contributed by atoms with Crippen molar-refractivity contribution in [3.63, 3.8) is 0 Å². The van der Waals surface area contributed by atoms with Gasteiger partial charge in [0.15, 0.2) is 5.13 Å². The molecule has 0 saturated carbocycles. The third-order valence-corrected chi connectivity index (χ3v) is 5.12. The van der Waals surface area contributed by atoms with E-state index >= 15 is 0 Å². The minimum absolute atomic E-state index is 0.138. The molecule has 132 valence electrons. The van der Waals surface area contributed by atoms with E-state index in [2.05, 4.69) is 11.1 Å². The highest BCUT2D eigenvalue weighted by molar-refractivity contribution is 7.22. The molecule has 3 rings (SSSR count). The molecule has 0 N–H and O–H groups in total. The van der Waals surface area contributed by atoms with E-state index in [4.69, 9.17) is 16.9 Å². The number of thiazole rings is 1. The Morgan fingerprint density at radius 3 is 2.58 bits per heavy atom. The molecule has 0 aliphatic heterocycles. The number of nitriles is 1. The molecule has 5 nitrogen and oxygen atoms in total. The van der Waals surface area contributed by atoms with Gasteiger partial charge in [0.2, 0.25) is 0 Å². The first kappa shape index (κ1) is 18.3. The van der Waals surface area contributed by atoms with Gasteiger partial charge < -0.3 is 4.90 Å². The van der Waals surface area contributed by atoms with Gasteiger partial charge in [0.25, 0.3) is 5.91 Å². The number of hydrogen-bond acceptors (Lipinski definition) is 5. The molecule has 0 aliphatic carbocycles. The molecule has 0 fully saturated rings. The van der Waals surface area contributed by atoms with Crippen LogP contribution in [-0.4, -0.2) is 43.0 Å². The minimum Gasteiger partial charge on any atom is -0.308 e. The highest BCUT2D eigenvalue weighted by atomic mass is 35.5. The summed E-state index contributed by atoms with van der Waals surface area (Å²) in [6.45, 7) is 1.22. The van der Waals surface area contributed by atoms with Crippen LogP contribution in [0.2, 0.25) is 5.02 Å². The lowest BCUT2D eigenvalue weighted by molar-refractivity contribution is 0.0985. The maximum Gasteiger partial charge on any atom is 0.260 e. The number of nitrogens with zero attached hydrogens (tertiary/aromatic N) is 4. The number of hydrogen-bond donors (Lipinski definition) is 0. The first-order chi connectivity index (χ1) is 12.5. The van der Waals surface area contributed by atoms with Crippen LogP contribution >= 0.6 is 22.9 Å². The maximum absolute atomic E-state index is 13.1. The maximum atomic E-state index is 13.1. The van der Waals surface area contributed by atoms with E-state index in [1.165, 1.54) is 11.3 Å². The van der Waals surface area contributed by atoms with Crippen LogP contribution in [0.4, 0.5) is 5.13 Å². The fourth-order valence-corrected chi connectivity index (χ4v) is 3.70. The number of rotatable bonds is 5. The van der Waals surface area contributed by atoms with E-state index in [-0.39, 0.29) is 5.91 Å². The number of aromatic nitrogens is 1. The van der Waals surface area contributed by atoms with Gasteiger partial charge in [0.1, 0.15) is 0 Å². The normalized spacial score (nSPS) is 10.9. The van der Waals surface area contributed by atoms with Crippen molar-refractivity contribution in [1.82, 2.24) is 9.88 Å². The van der Waals surface area contributed by atoms with Crippen LogP contribution in [-0.2, 0) is 0 Å². The zero-order chi connectivity index (χ0) is 18.7. The van der Waals surface area contributed by atoms with Crippen LogP contribution in [0.3, 0.4) is 0 Å². The second-order valence-corrected chi connectivity index (χ2v) is 7.50. The first-order valence-corrected chi connectivity index (χ1v) is 9.20. The fraction of sp³-hybridized carbons (Fsp3) is 0.211. The average molecular weight is 385 g/mol. The number of likely N-dealkylation sites (N-methyl/N-ethyl adjacent to an activating group) is 1. The molecule has 0 radical (unpaired) electrons. The van der Waals surface area contributed by atoms with Crippen LogP contribution < -0.4 is 4.90 Å². The van der Waals surface area contributed by atoms with Crippen molar-refractivity contribution >= 4 is 44.2 Å². The van der Waals surface area contributed by atoms with E-state index in [1.54, 1.807) is 35.2 Å². The predicted molar refractivity (Wildman–Crippen MR) is 106 cm³/mol. The quantitative estimate of drug-likeness (QED) is 0.666. The van der Waals surface area contributed by atoms with Crippen molar-refractivity contribution in [3.8, 4) is 6.07 Å². The van der Waals surface area contributed by atoms with Gasteiger partial charge in [-0.2, -0.15) is 5.26 Å². The zero-order valence-electron chi connectivity index (χ0n) is 14.4. The molecule has 0 atom stereocenters. The summed E-state index contributed by atoms with van der Waals surface area (Å²) in [6.07, 6.45) is 0. The summed E-state index contributed by atoms with van der Waals surface area (Å²) in [5.74, 6) is -0.138. The largest absolute Gasteiger partial charge is 0.308 e. The van der Waals surface area contributed by atoms with Gasteiger partial charge in [0, 0.05) is 23.7 Å². The molecule has 1 amide bonds. The molecule has 3 aromatic rings. The van der Waals surface area contributed by atoms with Crippen molar-refractivity contribution in [2.75, 3.05) is 32.1 Å².